The Kier molecular flexibility index (Phi) is 3.95. The third-order valence-electron chi connectivity index (χ3n) is 1.81. The van der Waals surface area contributed by atoms with Crippen molar-refractivity contribution in [2.24, 2.45) is 0 Å². The largest absolute Gasteiger partial charge is 0.341 e. The summed E-state index contributed by atoms with van der Waals surface area (Å²) in [6, 6.07) is 1.89. The van der Waals surface area contributed by atoms with Crippen molar-refractivity contribution in [3.8, 4) is 6.07 Å². The third kappa shape index (κ3) is 2.74. The number of nitrogens with zero attached hydrogens (tertiary/aromatic N) is 2. The molecular formula is C8H12N2OS. The molecule has 1 saturated heterocycles. The lowest BCUT2D eigenvalue weighted by Gasteiger charge is -2.17. The smallest absolute Gasteiger partial charge is 0.236 e. The average molecular weight is 184 g/mol. The summed E-state index contributed by atoms with van der Waals surface area (Å²) in [5.41, 5.74) is 0. The van der Waals surface area contributed by atoms with Gasteiger partial charge in [0.05, 0.1) is 6.07 Å². The summed E-state index contributed by atoms with van der Waals surface area (Å²) in [5, 5.41) is 8.33. The normalized spacial score (nSPS) is 18.1. The van der Waals surface area contributed by atoms with Crippen molar-refractivity contribution in [2.75, 3.05) is 24.6 Å². The summed E-state index contributed by atoms with van der Waals surface area (Å²) in [7, 11) is 0. The fraction of sp³-hybridized carbons (Fsp3) is 0.750. The standard InChI is InChI=1S/C8H12N2OS/c9-3-2-8(11)10-4-1-6-12-7-5-10/h1-2,4-7H2. The number of hydrogen-bond acceptors (Lipinski definition) is 3. The number of nitriles is 1. The molecule has 4 heteroatoms. The second-order valence-electron chi connectivity index (χ2n) is 2.68. The fourth-order valence-electron chi connectivity index (χ4n) is 1.17. The van der Waals surface area contributed by atoms with Crippen molar-refractivity contribution in [3.63, 3.8) is 0 Å². The molecule has 0 aromatic heterocycles. The molecule has 1 amide bonds. The maximum absolute atomic E-state index is 11.2. The van der Waals surface area contributed by atoms with Crippen molar-refractivity contribution < 1.29 is 4.79 Å². The SMILES string of the molecule is N#CCC(=O)N1CCCSCC1. The van der Waals surface area contributed by atoms with Crippen LogP contribution in [0.4, 0.5) is 0 Å². The minimum Gasteiger partial charge on any atom is -0.341 e. The van der Waals surface area contributed by atoms with Gasteiger partial charge in [0.25, 0.3) is 0 Å². The summed E-state index contributed by atoms with van der Waals surface area (Å²) in [6.07, 6.45) is 1.09. The van der Waals surface area contributed by atoms with Crippen LogP contribution in [0, 0.1) is 11.3 Å². The van der Waals surface area contributed by atoms with Crippen LogP contribution in [0.1, 0.15) is 12.8 Å². The Balaban J connectivity index is 2.38. The van der Waals surface area contributed by atoms with E-state index in [4.69, 9.17) is 5.26 Å². The van der Waals surface area contributed by atoms with Crippen LogP contribution in [0.2, 0.25) is 0 Å². The van der Waals surface area contributed by atoms with Crippen LogP contribution in [0.25, 0.3) is 0 Å². The molecular weight excluding hydrogens is 172 g/mol. The van der Waals surface area contributed by atoms with Crippen molar-refractivity contribution in [2.45, 2.75) is 12.8 Å². The van der Waals surface area contributed by atoms with E-state index in [2.05, 4.69) is 0 Å². The van der Waals surface area contributed by atoms with Gasteiger partial charge in [0.1, 0.15) is 6.42 Å². The summed E-state index contributed by atoms with van der Waals surface area (Å²) in [5.74, 6) is 2.13. The van der Waals surface area contributed by atoms with Gasteiger partial charge in [-0.3, -0.25) is 4.79 Å². The van der Waals surface area contributed by atoms with E-state index in [1.54, 1.807) is 4.90 Å². The summed E-state index contributed by atoms with van der Waals surface area (Å²) >= 11 is 1.88. The van der Waals surface area contributed by atoms with Crippen LogP contribution in [-0.4, -0.2) is 35.4 Å². The van der Waals surface area contributed by atoms with Gasteiger partial charge in [-0.15, -0.1) is 0 Å². The topological polar surface area (TPSA) is 44.1 Å². The zero-order valence-electron chi connectivity index (χ0n) is 6.95. The van der Waals surface area contributed by atoms with E-state index in [0.29, 0.717) is 0 Å². The van der Waals surface area contributed by atoms with Gasteiger partial charge < -0.3 is 4.90 Å². The minimum absolute atomic E-state index is 0.0139. The summed E-state index contributed by atoms with van der Waals surface area (Å²) < 4.78 is 0. The van der Waals surface area contributed by atoms with Crippen molar-refractivity contribution in [1.29, 1.82) is 5.26 Å². The van der Waals surface area contributed by atoms with Crippen LogP contribution in [0.3, 0.4) is 0 Å². The Labute approximate surface area is 76.7 Å². The quantitative estimate of drug-likeness (QED) is 0.607. The van der Waals surface area contributed by atoms with E-state index in [9.17, 15) is 4.79 Å². The Bertz CT molecular complexity index is 192. The van der Waals surface area contributed by atoms with E-state index >= 15 is 0 Å². The van der Waals surface area contributed by atoms with Gasteiger partial charge >= 0.3 is 0 Å². The van der Waals surface area contributed by atoms with Gasteiger partial charge in [-0.1, -0.05) is 0 Å². The number of thioether (sulfide) groups is 1. The molecule has 0 radical (unpaired) electrons. The number of amides is 1. The molecule has 0 aromatic rings. The van der Waals surface area contributed by atoms with E-state index in [0.717, 1.165) is 31.0 Å². The number of carbonyl (C=O) groups is 1. The minimum atomic E-state index is -0.0139. The lowest BCUT2D eigenvalue weighted by molar-refractivity contribution is -0.129. The Morgan fingerprint density at radius 3 is 3.08 bits per heavy atom. The molecule has 66 valence electrons. The molecule has 0 unspecified atom stereocenters. The molecule has 1 aliphatic heterocycles. The van der Waals surface area contributed by atoms with E-state index < -0.39 is 0 Å². The second kappa shape index (κ2) is 5.04. The molecule has 1 fully saturated rings. The molecule has 1 heterocycles. The molecule has 12 heavy (non-hydrogen) atoms. The molecule has 0 saturated carbocycles. The molecule has 3 nitrogen and oxygen atoms in total. The van der Waals surface area contributed by atoms with Crippen LogP contribution in [0.5, 0.6) is 0 Å². The molecule has 0 aromatic carbocycles. The fourth-order valence-corrected chi connectivity index (χ4v) is 2.06. The highest BCUT2D eigenvalue weighted by Crippen LogP contribution is 2.10. The first-order valence-corrected chi connectivity index (χ1v) is 5.22. The summed E-state index contributed by atoms with van der Waals surface area (Å²) in [6.45, 7) is 1.64. The lowest BCUT2D eigenvalue weighted by atomic mass is 10.3. The molecule has 0 bridgehead atoms. The number of carbonyl (C=O) groups excluding carboxylic acids is 1. The van der Waals surface area contributed by atoms with Crippen LogP contribution < -0.4 is 0 Å². The zero-order valence-corrected chi connectivity index (χ0v) is 7.77. The molecule has 1 rings (SSSR count). The predicted molar refractivity (Wildman–Crippen MR) is 48.8 cm³/mol. The highest BCUT2D eigenvalue weighted by atomic mass is 32.2. The van der Waals surface area contributed by atoms with Crippen LogP contribution >= 0.6 is 11.8 Å². The third-order valence-corrected chi connectivity index (χ3v) is 2.85. The van der Waals surface area contributed by atoms with E-state index in [-0.39, 0.29) is 12.3 Å². The van der Waals surface area contributed by atoms with Crippen molar-refractivity contribution in [1.82, 2.24) is 4.90 Å². The average Bonchev–Trinajstić information content (AvgIpc) is 2.32. The van der Waals surface area contributed by atoms with Crippen LogP contribution in [-0.2, 0) is 4.79 Å². The highest BCUT2D eigenvalue weighted by molar-refractivity contribution is 7.99. The highest BCUT2D eigenvalue weighted by Gasteiger charge is 2.14. The van der Waals surface area contributed by atoms with Crippen molar-refractivity contribution in [3.05, 3.63) is 0 Å². The molecule has 0 aliphatic carbocycles. The van der Waals surface area contributed by atoms with Gasteiger partial charge in [-0.25, -0.2) is 0 Å². The van der Waals surface area contributed by atoms with Gasteiger partial charge in [-0.2, -0.15) is 17.0 Å². The summed E-state index contributed by atoms with van der Waals surface area (Å²) in [4.78, 5) is 13.0. The zero-order chi connectivity index (χ0) is 8.81. The van der Waals surface area contributed by atoms with Crippen LogP contribution in [0.15, 0.2) is 0 Å². The Morgan fingerprint density at radius 1 is 1.50 bits per heavy atom. The van der Waals surface area contributed by atoms with Crippen molar-refractivity contribution >= 4 is 17.7 Å². The predicted octanol–water partition coefficient (Wildman–Crippen LogP) is 0.866. The maximum atomic E-state index is 11.2. The van der Waals surface area contributed by atoms with Gasteiger partial charge in [0.15, 0.2) is 0 Å². The van der Waals surface area contributed by atoms with Gasteiger partial charge in [0, 0.05) is 18.8 Å². The van der Waals surface area contributed by atoms with E-state index in [1.807, 2.05) is 17.8 Å². The first-order chi connectivity index (χ1) is 5.84. The Hall–Kier alpha value is -0.690. The second-order valence-corrected chi connectivity index (χ2v) is 3.91. The lowest BCUT2D eigenvalue weighted by Crippen LogP contribution is -2.32. The maximum Gasteiger partial charge on any atom is 0.236 e. The molecule has 0 N–H and O–H groups in total. The number of rotatable bonds is 1. The first kappa shape index (κ1) is 9.40. The Morgan fingerprint density at radius 2 is 2.33 bits per heavy atom. The molecule has 1 aliphatic rings. The monoisotopic (exact) mass is 184 g/mol. The van der Waals surface area contributed by atoms with E-state index in [1.165, 1.54) is 0 Å². The molecule has 0 spiro atoms. The molecule has 0 atom stereocenters. The number of hydrogen-bond donors (Lipinski definition) is 0. The first-order valence-electron chi connectivity index (χ1n) is 4.07. The van der Waals surface area contributed by atoms with Gasteiger partial charge in [0.2, 0.25) is 5.91 Å². The van der Waals surface area contributed by atoms with Gasteiger partial charge in [-0.05, 0) is 12.2 Å².